The molecule has 0 aromatic heterocycles. The zero-order valence-electron chi connectivity index (χ0n) is 20.4. The molecule has 0 aromatic carbocycles. The minimum absolute atomic E-state index is 0.142. The zero-order valence-corrected chi connectivity index (χ0v) is 20.4. The van der Waals surface area contributed by atoms with Crippen LogP contribution in [0.2, 0.25) is 0 Å². The van der Waals surface area contributed by atoms with Gasteiger partial charge in [0.15, 0.2) is 6.10 Å². The normalized spacial score (nSPS) is 37.4. The summed E-state index contributed by atoms with van der Waals surface area (Å²) in [6.07, 6.45) is 3.55. The van der Waals surface area contributed by atoms with Crippen molar-refractivity contribution < 1.29 is 28.6 Å². The molecule has 7 atom stereocenters. The van der Waals surface area contributed by atoms with Crippen LogP contribution in [0.1, 0.15) is 80.1 Å². The van der Waals surface area contributed by atoms with E-state index in [1.807, 2.05) is 0 Å². The van der Waals surface area contributed by atoms with Crippen molar-refractivity contribution in [1.82, 2.24) is 0 Å². The zero-order chi connectivity index (χ0) is 23.8. The van der Waals surface area contributed by atoms with Crippen LogP contribution in [0, 0.1) is 23.2 Å². The standard InChI is InChI=1S/C26H38O6/c1-14-9-8-10-15(2)22(30-17(4)27)13-21-16(3)23-20(14)11-12-26(23,7)25(32-19(6)29)24(21)31-18(5)28/h15,20,22-25H,1,8-13H2,2-7H3. The molecule has 0 aromatic rings. The van der Waals surface area contributed by atoms with Crippen LogP contribution < -0.4 is 0 Å². The molecule has 1 saturated carbocycles. The highest BCUT2D eigenvalue weighted by Crippen LogP contribution is 2.60. The first-order chi connectivity index (χ1) is 15.0. The van der Waals surface area contributed by atoms with Gasteiger partial charge in [-0.05, 0) is 62.4 Å². The third-order valence-corrected chi connectivity index (χ3v) is 7.99. The van der Waals surface area contributed by atoms with Gasteiger partial charge in [-0.1, -0.05) is 31.6 Å². The summed E-state index contributed by atoms with van der Waals surface area (Å²) in [5.74, 6) is -0.537. The number of rotatable bonds is 3. The molecule has 0 heterocycles. The molecule has 0 N–H and O–H groups in total. The Labute approximate surface area is 191 Å². The molecule has 0 aliphatic heterocycles. The fourth-order valence-corrected chi connectivity index (χ4v) is 6.53. The highest BCUT2D eigenvalue weighted by Gasteiger charge is 2.59. The molecule has 0 saturated heterocycles. The fraction of sp³-hybridized carbons (Fsp3) is 0.731. The van der Waals surface area contributed by atoms with Crippen LogP contribution in [0.3, 0.4) is 0 Å². The molecule has 3 aliphatic carbocycles. The van der Waals surface area contributed by atoms with E-state index < -0.39 is 18.2 Å². The van der Waals surface area contributed by atoms with Gasteiger partial charge in [-0.15, -0.1) is 0 Å². The summed E-state index contributed by atoms with van der Waals surface area (Å²) in [7, 11) is 0. The van der Waals surface area contributed by atoms with Gasteiger partial charge in [0.05, 0.1) is 0 Å². The van der Waals surface area contributed by atoms with Crippen molar-refractivity contribution in [1.29, 1.82) is 0 Å². The van der Waals surface area contributed by atoms with Crippen molar-refractivity contribution in [3.8, 4) is 0 Å². The van der Waals surface area contributed by atoms with Gasteiger partial charge in [0, 0.05) is 32.6 Å². The van der Waals surface area contributed by atoms with E-state index in [1.165, 1.54) is 26.3 Å². The van der Waals surface area contributed by atoms with Crippen molar-refractivity contribution in [2.45, 2.75) is 98.4 Å². The predicted octanol–water partition coefficient (Wildman–Crippen LogP) is 4.91. The minimum atomic E-state index is -0.685. The average Bonchev–Trinajstić information content (AvgIpc) is 3.03. The lowest BCUT2D eigenvalue weighted by Gasteiger charge is -2.49. The van der Waals surface area contributed by atoms with Crippen molar-refractivity contribution in [3.05, 3.63) is 23.3 Å². The van der Waals surface area contributed by atoms with Crippen molar-refractivity contribution in [2.75, 3.05) is 0 Å². The number of carbonyl (C=O) groups excluding carboxylic acids is 3. The molecule has 3 rings (SSSR count). The summed E-state index contributed by atoms with van der Waals surface area (Å²) in [4.78, 5) is 36.2. The van der Waals surface area contributed by atoms with E-state index in [-0.39, 0.29) is 35.3 Å². The van der Waals surface area contributed by atoms with Gasteiger partial charge in [0.2, 0.25) is 0 Å². The second-order valence-corrected chi connectivity index (χ2v) is 10.3. The topological polar surface area (TPSA) is 78.9 Å². The van der Waals surface area contributed by atoms with E-state index in [1.54, 1.807) is 0 Å². The lowest BCUT2D eigenvalue weighted by Crippen LogP contribution is -2.54. The number of hydrogen-bond donors (Lipinski definition) is 0. The van der Waals surface area contributed by atoms with E-state index in [0.29, 0.717) is 12.3 Å². The number of hydrogen-bond acceptors (Lipinski definition) is 6. The first-order valence-electron chi connectivity index (χ1n) is 11.8. The Morgan fingerprint density at radius 2 is 1.62 bits per heavy atom. The number of allylic oxidation sites excluding steroid dienone is 2. The maximum Gasteiger partial charge on any atom is 0.303 e. The minimum Gasteiger partial charge on any atom is -0.462 e. The number of carbonyl (C=O) groups is 3. The second kappa shape index (κ2) is 9.40. The molecule has 32 heavy (non-hydrogen) atoms. The maximum absolute atomic E-state index is 12.2. The molecule has 6 nitrogen and oxygen atoms in total. The SMILES string of the molecule is C=C1CCCC(C)C(OC(C)=O)CC2=C(C)C3C1CCC3(C)C(OC(C)=O)C2OC(C)=O. The van der Waals surface area contributed by atoms with Gasteiger partial charge in [0.1, 0.15) is 12.2 Å². The van der Waals surface area contributed by atoms with Gasteiger partial charge in [-0.2, -0.15) is 0 Å². The molecular weight excluding hydrogens is 408 g/mol. The molecule has 7 unspecified atom stereocenters. The van der Waals surface area contributed by atoms with Crippen LogP contribution in [-0.2, 0) is 28.6 Å². The Hall–Kier alpha value is -2.11. The van der Waals surface area contributed by atoms with E-state index >= 15 is 0 Å². The summed E-state index contributed by atoms with van der Waals surface area (Å²) >= 11 is 0. The van der Waals surface area contributed by atoms with Crippen LogP contribution in [0.4, 0.5) is 0 Å². The van der Waals surface area contributed by atoms with Gasteiger partial charge in [0.25, 0.3) is 0 Å². The fourth-order valence-electron chi connectivity index (χ4n) is 6.53. The molecule has 0 amide bonds. The Morgan fingerprint density at radius 3 is 2.22 bits per heavy atom. The van der Waals surface area contributed by atoms with Crippen LogP contribution in [-0.4, -0.2) is 36.2 Å². The van der Waals surface area contributed by atoms with Gasteiger partial charge < -0.3 is 14.2 Å². The summed E-state index contributed by atoms with van der Waals surface area (Å²) in [5, 5.41) is 0. The van der Waals surface area contributed by atoms with Crippen LogP contribution >= 0.6 is 0 Å². The largest absolute Gasteiger partial charge is 0.462 e. The summed E-state index contributed by atoms with van der Waals surface area (Å²) in [5.41, 5.74) is 2.97. The molecule has 178 valence electrons. The molecular formula is C26H38O6. The van der Waals surface area contributed by atoms with Crippen molar-refractivity contribution in [2.24, 2.45) is 23.2 Å². The Morgan fingerprint density at radius 1 is 1.00 bits per heavy atom. The number of ether oxygens (including phenoxy) is 3. The Bertz CT molecular complexity index is 826. The molecule has 3 aliphatic rings. The van der Waals surface area contributed by atoms with Gasteiger partial charge in [-0.25, -0.2) is 0 Å². The number of esters is 3. The van der Waals surface area contributed by atoms with Crippen LogP contribution in [0.15, 0.2) is 23.3 Å². The van der Waals surface area contributed by atoms with E-state index in [4.69, 9.17) is 14.2 Å². The summed E-state index contributed by atoms with van der Waals surface area (Å²) in [6.45, 7) is 15.0. The predicted molar refractivity (Wildman–Crippen MR) is 120 cm³/mol. The summed E-state index contributed by atoms with van der Waals surface area (Å²) < 4.78 is 17.5. The first kappa shape index (κ1) is 24.5. The van der Waals surface area contributed by atoms with E-state index in [0.717, 1.165) is 43.3 Å². The van der Waals surface area contributed by atoms with Gasteiger partial charge >= 0.3 is 17.9 Å². The molecule has 6 heteroatoms. The molecule has 0 spiro atoms. The quantitative estimate of drug-likeness (QED) is 0.348. The highest BCUT2D eigenvalue weighted by molar-refractivity contribution is 5.68. The smallest absolute Gasteiger partial charge is 0.303 e. The Kier molecular flexibility index (Phi) is 7.21. The van der Waals surface area contributed by atoms with Crippen molar-refractivity contribution in [3.63, 3.8) is 0 Å². The second-order valence-electron chi connectivity index (χ2n) is 10.3. The van der Waals surface area contributed by atoms with Crippen LogP contribution in [0.5, 0.6) is 0 Å². The van der Waals surface area contributed by atoms with Gasteiger partial charge in [-0.3, -0.25) is 14.4 Å². The van der Waals surface area contributed by atoms with E-state index in [9.17, 15) is 14.4 Å². The average molecular weight is 447 g/mol. The van der Waals surface area contributed by atoms with Crippen molar-refractivity contribution >= 4 is 17.9 Å². The lowest BCUT2D eigenvalue weighted by molar-refractivity contribution is -0.178. The molecule has 0 radical (unpaired) electrons. The van der Waals surface area contributed by atoms with E-state index in [2.05, 4.69) is 27.4 Å². The Balaban J connectivity index is 2.19. The molecule has 1 fully saturated rings. The summed E-state index contributed by atoms with van der Waals surface area (Å²) in [6, 6.07) is 0. The maximum atomic E-state index is 12.2. The third kappa shape index (κ3) is 4.65. The third-order valence-electron chi connectivity index (χ3n) is 7.99. The molecule has 2 bridgehead atoms. The monoisotopic (exact) mass is 446 g/mol. The van der Waals surface area contributed by atoms with Crippen LogP contribution in [0.25, 0.3) is 0 Å². The highest BCUT2D eigenvalue weighted by atomic mass is 16.6. The lowest BCUT2D eigenvalue weighted by atomic mass is 9.61. The first-order valence-corrected chi connectivity index (χ1v) is 11.8.